The number of hydrogen-bond acceptors (Lipinski definition) is 4. The van der Waals surface area contributed by atoms with Gasteiger partial charge in [0.2, 0.25) is 11.8 Å². The molecule has 1 aliphatic heterocycles. The number of amides is 2. The maximum atomic E-state index is 12.5. The Morgan fingerprint density at radius 2 is 2.39 bits per heavy atom. The topological polar surface area (TPSA) is 87.3 Å². The summed E-state index contributed by atoms with van der Waals surface area (Å²) in [6.45, 7) is 0.685. The lowest BCUT2D eigenvalue weighted by Crippen LogP contribution is -2.51. The number of likely N-dealkylation sites (tertiary alicyclic amines) is 1. The van der Waals surface area contributed by atoms with Crippen LogP contribution >= 0.6 is 0 Å². The van der Waals surface area contributed by atoms with Crippen LogP contribution in [0.15, 0.2) is 18.6 Å². The molecule has 1 aromatic heterocycles. The van der Waals surface area contributed by atoms with Crippen LogP contribution in [0.1, 0.15) is 31.4 Å². The fourth-order valence-electron chi connectivity index (χ4n) is 2.93. The van der Waals surface area contributed by atoms with Gasteiger partial charge in [0.25, 0.3) is 0 Å². The van der Waals surface area contributed by atoms with Gasteiger partial charge in [-0.1, -0.05) is 0 Å². The summed E-state index contributed by atoms with van der Waals surface area (Å²) in [7, 11) is 3.28. The Balaban J connectivity index is 2.05. The van der Waals surface area contributed by atoms with Crippen molar-refractivity contribution >= 4 is 17.9 Å². The molecule has 0 aromatic carbocycles. The van der Waals surface area contributed by atoms with Gasteiger partial charge < -0.3 is 19.9 Å². The second-order valence-electron chi connectivity index (χ2n) is 5.57. The fraction of sp³-hybridized carbons (Fsp3) is 0.562. The van der Waals surface area contributed by atoms with Crippen molar-refractivity contribution < 1.29 is 14.3 Å². The van der Waals surface area contributed by atoms with Crippen LogP contribution in [0.2, 0.25) is 0 Å². The van der Waals surface area contributed by atoms with E-state index in [1.54, 1.807) is 38.8 Å². The first-order chi connectivity index (χ1) is 11.2. The Morgan fingerprint density at radius 1 is 1.57 bits per heavy atom. The Morgan fingerprint density at radius 3 is 3.04 bits per heavy atom. The third-order valence-electron chi connectivity index (χ3n) is 4.17. The number of methoxy groups -OCH3 is 1. The number of H-pyrrole nitrogens is 1. The van der Waals surface area contributed by atoms with E-state index in [0.29, 0.717) is 19.4 Å². The number of imidazole rings is 1. The molecule has 2 heterocycles. The third kappa shape index (κ3) is 4.66. The molecule has 7 heteroatoms. The highest BCUT2D eigenvalue weighted by Crippen LogP contribution is 2.24. The first-order valence-corrected chi connectivity index (χ1v) is 7.86. The second-order valence-corrected chi connectivity index (χ2v) is 5.57. The van der Waals surface area contributed by atoms with Gasteiger partial charge in [0.05, 0.1) is 30.4 Å². The summed E-state index contributed by atoms with van der Waals surface area (Å²) in [6.07, 6.45) is 9.23. The third-order valence-corrected chi connectivity index (χ3v) is 4.17. The van der Waals surface area contributed by atoms with Gasteiger partial charge in [-0.2, -0.15) is 0 Å². The van der Waals surface area contributed by atoms with Gasteiger partial charge in [-0.3, -0.25) is 9.59 Å². The predicted octanol–water partition coefficient (Wildman–Crippen LogP) is 0.955. The van der Waals surface area contributed by atoms with E-state index in [4.69, 9.17) is 4.74 Å². The zero-order valence-electron chi connectivity index (χ0n) is 13.6. The summed E-state index contributed by atoms with van der Waals surface area (Å²) in [5, 5.41) is 2.62. The van der Waals surface area contributed by atoms with Gasteiger partial charge in [0, 0.05) is 33.2 Å². The molecule has 0 aliphatic carbocycles. The number of piperidine rings is 1. The molecule has 1 aromatic rings. The maximum absolute atomic E-state index is 12.5. The lowest BCUT2D eigenvalue weighted by Gasteiger charge is -2.40. The molecule has 23 heavy (non-hydrogen) atoms. The number of hydrogen-bond donors (Lipinski definition) is 2. The van der Waals surface area contributed by atoms with Crippen LogP contribution in [0.25, 0.3) is 6.08 Å². The number of carbonyl (C=O) groups is 2. The molecular formula is C16H24N4O3. The van der Waals surface area contributed by atoms with Gasteiger partial charge in [0.1, 0.15) is 0 Å². The normalized spacial score (nSPS) is 21.6. The Labute approximate surface area is 136 Å². The number of carbonyl (C=O) groups excluding carboxylic acids is 2. The van der Waals surface area contributed by atoms with E-state index in [1.165, 1.54) is 0 Å². The van der Waals surface area contributed by atoms with E-state index < -0.39 is 0 Å². The van der Waals surface area contributed by atoms with Crippen molar-refractivity contribution in [2.45, 2.75) is 37.8 Å². The zero-order valence-corrected chi connectivity index (χ0v) is 13.6. The van der Waals surface area contributed by atoms with Crippen LogP contribution < -0.4 is 5.32 Å². The van der Waals surface area contributed by atoms with Gasteiger partial charge >= 0.3 is 0 Å². The minimum Gasteiger partial charge on any atom is -0.379 e. The molecule has 0 bridgehead atoms. The van der Waals surface area contributed by atoms with Crippen LogP contribution in [-0.4, -0.2) is 59.5 Å². The lowest BCUT2D eigenvalue weighted by atomic mass is 9.94. The highest BCUT2D eigenvalue weighted by Gasteiger charge is 2.33. The van der Waals surface area contributed by atoms with E-state index in [-0.39, 0.29) is 24.0 Å². The van der Waals surface area contributed by atoms with Crippen molar-refractivity contribution in [1.29, 1.82) is 0 Å². The van der Waals surface area contributed by atoms with Crippen molar-refractivity contribution in [1.82, 2.24) is 20.2 Å². The molecule has 7 nitrogen and oxygen atoms in total. The number of nitrogens with zero attached hydrogens (tertiary/aromatic N) is 2. The Bertz CT molecular complexity index is 542. The summed E-state index contributed by atoms with van der Waals surface area (Å²) in [6, 6.07) is -0.0787. The number of aromatic amines is 1. The van der Waals surface area contributed by atoms with Gasteiger partial charge in [0.15, 0.2) is 0 Å². The van der Waals surface area contributed by atoms with E-state index >= 15 is 0 Å². The molecule has 1 fully saturated rings. The van der Waals surface area contributed by atoms with E-state index in [0.717, 1.165) is 18.5 Å². The zero-order chi connectivity index (χ0) is 16.7. The predicted molar refractivity (Wildman–Crippen MR) is 86.5 cm³/mol. The highest BCUT2D eigenvalue weighted by atomic mass is 16.5. The summed E-state index contributed by atoms with van der Waals surface area (Å²) < 4.78 is 5.53. The van der Waals surface area contributed by atoms with Gasteiger partial charge in [-0.25, -0.2) is 4.98 Å². The van der Waals surface area contributed by atoms with Crippen LogP contribution in [-0.2, 0) is 14.3 Å². The van der Waals surface area contributed by atoms with Crippen LogP contribution in [0, 0.1) is 0 Å². The van der Waals surface area contributed by atoms with Gasteiger partial charge in [-0.15, -0.1) is 0 Å². The van der Waals surface area contributed by atoms with Crippen molar-refractivity contribution in [2.24, 2.45) is 0 Å². The lowest BCUT2D eigenvalue weighted by molar-refractivity contribution is -0.135. The fourth-order valence-corrected chi connectivity index (χ4v) is 2.93. The molecule has 2 rings (SSSR count). The molecule has 2 N–H and O–H groups in total. The quantitative estimate of drug-likeness (QED) is 0.764. The van der Waals surface area contributed by atoms with Crippen LogP contribution in [0.3, 0.4) is 0 Å². The molecule has 2 atom stereocenters. The maximum Gasteiger partial charge on any atom is 0.246 e. The highest BCUT2D eigenvalue weighted by molar-refractivity contribution is 5.91. The largest absolute Gasteiger partial charge is 0.379 e. The smallest absolute Gasteiger partial charge is 0.246 e. The first kappa shape index (κ1) is 17.2. The summed E-state index contributed by atoms with van der Waals surface area (Å²) in [5.41, 5.74) is 0.778. The first-order valence-electron chi connectivity index (χ1n) is 7.86. The average Bonchev–Trinajstić information content (AvgIpc) is 3.10. The van der Waals surface area contributed by atoms with E-state index in [9.17, 15) is 9.59 Å². The van der Waals surface area contributed by atoms with E-state index in [2.05, 4.69) is 15.3 Å². The molecule has 0 spiro atoms. The number of aromatic nitrogens is 2. The molecule has 126 valence electrons. The minimum atomic E-state index is -0.0787. The monoisotopic (exact) mass is 320 g/mol. The van der Waals surface area contributed by atoms with Crippen molar-refractivity contribution in [3.8, 4) is 0 Å². The average molecular weight is 320 g/mol. The number of rotatable bonds is 6. The molecule has 0 unspecified atom stereocenters. The molecular weight excluding hydrogens is 296 g/mol. The molecule has 1 saturated heterocycles. The summed E-state index contributed by atoms with van der Waals surface area (Å²) in [5.74, 6) is -0.0888. The van der Waals surface area contributed by atoms with Gasteiger partial charge in [-0.05, 0) is 25.3 Å². The van der Waals surface area contributed by atoms with Crippen molar-refractivity contribution in [3.05, 3.63) is 24.3 Å². The Kier molecular flexibility index (Phi) is 6.34. The van der Waals surface area contributed by atoms with Crippen LogP contribution in [0.5, 0.6) is 0 Å². The summed E-state index contributed by atoms with van der Waals surface area (Å²) in [4.78, 5) is 32.7. The molecule has 1 aliphatic rings. The Hall–Kier alpha value is -2.15. The van der Waals surface area contributed by atoms with Crippen molar-refractivity contribution in [3.63, 3.8) is 0 Å². The molecule has 0 radical (unpaired) electrons. The van der Waals surface area contributed by atoms with Crippen LogP contribution in [0.4, 0.5) is 0 Å². The molecule has 2 amide bonds. The number of nitrogens with one attached hydrogen (secondary N) is 2. The SMILES string of the molecule is CNC(=O)CC[C@H]1[C@@H](OC)CCCN1C(=O)/C=C/c1cnc[nH]1. The van der Waals surface area contributed by atoms with E-state index in [1.807, 2.05) is 4.90 Å². The molecule has 0 saturated carbocycles. The van der Waals surface area contributed by atoms with Crippen molar-refractivity contribution in [2.75, 3.05) is 20.7 Å². The number of ether oxygens (including phenoxy) is 1. The second kappa shape index (κ2) is 8.47. The standard InChI is InChI=1S/C16H24N4O3/c1-17-15(21)7-6-13-14(23-2)4-3-9-20(13)16(22)8-5-12-10-18-11-19-12/h5,8,10-11,13-14H,3-4,6-7,9H2,1-2H3,(H,17,21)(H,18,19)/b8-5+/t13-,14-/m0/s1. The summed E-state index contributed by atoms with van der Waals surface area (Å²) >= 11 is 0. The minimum absolute atomic E-state index is 0.0224.